The van der Waals surface area contributed by atoms with E-state index in [1.165, 1.54) is 16.9 Å². The Morgan fingerprint density at radius 3 is 2.43 bits per heavy atom. The molecule has 5 nitrogen and oxygen atoms in total. The number of amides is 2. The van der Waals surface area contributed by atoms with Crippen LogP contribution in [0.2, 0.25) is 0 Å². The van der Waals surface area contributed by atoms with Crippen molar-refractivity contribution in [3.8, 4) is 0 Å². The highest BCUT2D eigenvalue weighted by Gasteiger charge is 2.39. The predicted molar refractivity (Wildman–Crippen MR) is 79.9 cm³/mol. The molecule has 2 amide bonds. The van der Waals surface area contributed by atoms with Gasteiger partial charge in [-0.2, -0.15) is 0 Å². The zero-order valence-electron chi connectivity index (χ0n) is 12.2. The fourth-order valence-electron chi connectivity index (χ4n) is 2.52. The fourth-order valence-corrected chi connectivity index (χ4v) is 2.84. The molecular formula is C15H17ClN2O3. The number of benzene rings is 1. The van der Waals surface area contributed by atoms with Crippen molar-refractivity contribution in [2.24, 2.45) is 0 Å². The number of nitrogens with zero attached hydrogens (tertiary/aromatic N) is 2. The third-order valence-electron chi connectivity index (χ3n) is 3.61. The molecule has 1 aliphatic rings. The molecule has 0 bridgehead atoms. The summed E-state index contributed by atoms with van der Waals surface area (Å²) in [5.41, 5.74) is 1.70. The third kappa shape index (κ3) is 2.61. The highest BCUT2D eigenvalue weighted by Crippen LogP contribution is 2.36. The van der Waals surface area contributed by atoms with Crippen molar-refractivity contribution in [1.29, 1.82) is 0 Å². The molecule has 0 aromatic heterocycles. The molecule has 112 valence electrons. The number of urea groups is 1. The largest absolute Gasteiger partial charge is 0.466 e. The van der Waals surface area contributed by atoms with Crippen LogP contribution in [-0.4, -0.2) is 48.9 Å². The van der Waals surface area contributed by atoms with Gasteiger partial charge in [-0.15, -0.1) is 11.6 Å². The van der Waals surface area contributed by atoms with Gasteiger partial charge in [0, 0.05) is 19.8 Å². The van der Waals surface area contributed by atoms with E-state index in [4.69, 9.17) is 16.3 Å². The summed E-state index contributed by atoms with van der Waals surface area (Å²) >= 11 is 5.96. The molecule has 0 radical (unpaired) electrons. The second kappa shape index (κ2) is 6.18. The summed E-state index contributed by atoms with van der Waals surface area (Å²) in [6, 6.07) is 8.62. The normalized spacial score (nSPS) is 19.0. The van der Waals surface area contributed by atoms with Gasteiger partial charge >= 0.3 is 12.0 Å². The molecule has 1 aromatic rings. The maximum Gasteiger partial charge on any atom is 0.338 e. The maximum absolute atomic E-state index is 12.3. The first-order chi connectivity index (χ1) is 10.0. The fraction of sp³-hybridized carbons (Fsp3) is 0.333. The van der Waals surface area contributed by atoms with Gasteiger partial charge in [-0.1, -0.05) is 30.3 Å². The Morgan fingerprint density at radius 1 is 1.29 bits per heavy atom. The van der Waals surface area contributed by atoms with E-state index in [9.17, 15) is 9.59 Å². The van der Waals surface area contributed by atoms with Gasteiger partial charge in [0.15, 0.2) is 0 Å². The Bertz CT molecular complexity index is 586. The smallest absolute Gasteiger partial charge is 0.338 e. The summed E-state index contributed by atoms with van der Waals surface area (Å²) in [5.74, 6) is -0.421. The van der Waals surface area contributed by atoms with Crippen LogP contribution in [0.25, 0.3) is 0 Å². The molecule has 0 spiro atoms. The number of ether oxygens (including phenoxy) is 1. The lowest BCUT2D eigenvalue weighted by Gasteiger charge is -2.39. The molecule has 0 saturated heterocycles. The minimum absolute atomic E-state index is 0.0594. The Morgan fingerprint density at radius 2 is 1.90 bits per heavy atom. The van der Waals surface area contributed by atoms with Crippen LogP contribution in [0.3, 0.4) is 0 Å². The number of carbonyl (C=O) groups is 2. The van der Waals surface area contributed by atoms with Crippen LogP contribution in [0.15, 0.2) is 41.6 Å². The average molecular weight is 309 g/mol. The van der Waals surface area contributed by atoms with Crippen molar-refractivity contribution in [1.82, 2.24) is 9.80 Å². The van der Waals surface area contributed by atoms with Crippen molar-refractivity contribution < 1.29 is 14.3 Å². The van der Waals surface area contributed by atoms with E-state index in [-0.39, 0.29) is 11.9 Å². The minimum atomic E-state index is -0.504. The van der Waals surface area contributed by atoms with Gasteiger partial charge in [-0.3, -0.25) is 4.90 Å². The van der Waals surface area contributed by atoms with Crippen LogP contribution >= 0.6 is 11.6 Å². The van der Waals surface area contributed by atoms with Gasteiger partial charge in [0.25, 0.3) is 0 Å². The Balaban J connectivity index is 2.65. The van der Waals surface area contributed by atoms with Gasteiger partial charge in [0.05, 0.1) is 24.6 Å². The zero-order chi connectivity index (χ0) is 15.6. The second-order valence-electron chi connectivity index (χ2n) is 4.75. The number of carbonyl (C=O) groups excluding carboxylic acids is 2. The van der Waals surface area contributed by atoms with Crippen LogP contribution in [-0.2, 0) is 9.53 Å². The van der Waals surface area contributed by atoms with Crippen LogP contribution in [0.1, 0.15) is 11.6 Å². The van der Waals surface area contributed by atoms with E-state index in [0.29, 0.717) is 11.3 Å². The molecule has 21 heavy (non-hydrogen) atoms. The van der Waals surface area contributed by atoms with Crippen molar-refractivity contribution >= 4 is 23.6 Å². The first-order valence-corrected chi connectivity index (χ1v) is 6.99. The molecule has 0 unspecified atom stereocenters. The van der Waals surface area contributed by atoms with Crippen LogP contribution in [0, 0.1) is 0 Å². The van der Waals surface area contributed by atoms with E-state index < -0.39 is 12.0 Å². The lowest BCUT2D eigenvalue weighted by atomic mass is 9.94. The first kappa shape index (κ1) is 15.4. The molecule has 6 heteroatoms. The van der Waals surface area contributed by atoms with E-state index >= 15 is 0 Å². The number of hydrogen-bond donors (Lipinski definition) is 0. The molecule has 0 saturated carbocycles. The molecule has 1 heterocycles. The lowest BCUT2D eigenvalue weighted by molar-refractivity contribution is -0.137. The molecule has 2 rings (SSSR count). The quantitative estimate of drug-likeness (QED) is 0.636. The molecule has 0 fully saturated rings. The number of alkyl halides is 1. The Hall–Kier alpha value is -2.01. The second-order valence-corrected chi connectivity index (χ2v) is 5.02. The number of esters is 1. The van der Waals surface area contributed by atoms with Gasteiger partial charge in [0.2, 0.25) is 0 Å². The topological polar surface area (TPSA) is 49.9 Å². The number of allylic oxidation sites excluding steroid dienone is 1. The monoisotopic (exact) mass is 308 g/mol. The van der Waals surface area contributed by atoms with Crippen molar-refractivity contribution in [3.05, 3.63) is 47.2 Å². The van der Waals surface area contributed by atoms with Crippen LogP contribution in [0.5, 0.6) is 0 Å². The number of rotatable bonds is 3. The average Bonchev–Trinajstić information content (AvgIpc) is 2.52. The van der Waals surface area contributed by atoms with Gasteiger partial charge in [-0.25, -0.2) is 9.59 Å². The zero-order valence-corrected chi connectivity index (χ0v) is 12.9. The van der Waals surface area contributed by atoms with Crippen molar-refractivity contribution in [2.45, 2.75) is 6.04 Å². The standard InChI is InChI=1S/C15H17ClN2O3/c1-17-11(9-16)12(14(19)21-3)13(18(2)15(17)20)10-7-5-4-6-8-10/h4-8,13H,9H2,1-3H3/t13-/m1/s1. The summed E-state index contributed by atoms with van der Waals surface area (Å²) in [6.07, 6.45) is 0. The van der Waals surface area contributed by atoms with E-state index in [1.54, 1.807) is 14.1 Å². The Labute approximate surface area is 128 Å². The molecule has 1 aliphatic heterocycles. The SMILES string of the molecule is COC(=O)C1=C(CCl)N(C)C(=O)N(C)[C@@H]1c1ccccc1. The number of halogens is 1. The lowest BCUT2D eigenvalue weighted by Crippen LogP contribution is -2.48. The minimum Gasteiger partial charge on any atom is -0.466 e. The number of methoxy groups -OCH3 is 1. The van der Waals surface area contributed by atoms with Crippen LogP contribution < -0.4 is 0 Å². The Kier molecular flexibility index (Phi) is 4.53. The summed E-state index contributed by atoms with van der Waals surface area (Å²) in [5, 5.41) is 0. The van der Waals surface area contributed by atoms with Crippen LogP contribution in [0.4, 0.5) is 4.79 Å². The molecular weight excluding hydrogens is 292 g/mol. The highest BCUT2D eigenvalue weighted by molar-refractivity contribution is 6.20. The summed E-state index contributed by atoms with van der Waals surface area (Å²) in [7, 11) is 4.57. The van der Waals surface area contributed by atoms with Gasteiger partial charge in [0.1, 0.15) is 0 Å². The van der Waals surface area contributed by atoms with E-state index in [1.807, 2.05) is 30.3 Å². The van der Waals surface area contributed by atoms with E-state index in [0.717, 1.165) is 5.56 Å². The highest BCUT2D eigenvalue weighted by atomic mass is 35.5. The van der Waals surface area contributed by atoms with E-state index in [2.05, 4.69) is 0 Å². The molecule has 0 N–H and O–H groups in total. The van der Waals surface area contributed by atoms with Gasteiger partial charge in [-0.05, 0) is 5.56 Å². The number of likely N-dealkylation sites (N-methyl/N-ethyl adjacent to an activating group) is 1. The summed E-state index contributed by atoms with van der Waals surface area (Å²) in [6.45, 7) is 0. The third-order valence-corrected chi connectivity index (χ3v) is 3.87. The van der Waals surface area contributed by atoms with Gasteiger partial charge < -0.3 is 9.64 Å². The maximum atomic E-state index is 12.3. The molecule has 1 atom stereocenters. The van der Waals surface area contributed by atoms with Crippen molar-refractivity contribution in [2.75, 3.05) is 27.1 Å². The molecule has 0 aliphatic carbocycles. The predicted octanol–water partition coefficient (Wildman–Crippen LogP) is 2.39. The molecule has 1 aromatic carbocycles. The number of hydrogen-bond acceptors (Lipinski definition) is 3. The first-order valence-electron chi connectivity index (χ1n) is 6.45. The van der Waals surface area contributed by atoms with Crippen molar-refractivity contribution in [3.63, 3.8) is 0 Å². The summed E-state index contributed by atoms with van der Waals surface area (Å²) < 4.78 is 4.89. The summed E-state index contributed by atoms with van der Waals surface area (Å²) in [4.78, 5) is 27.5.